The molecule has 21 heavy (non-hydrogen) atoms. The lowest BCUT2D eigenvalue weighted by Gasteiger charge is -2.09. The smallest absolute Gasteiger partial charge is 0.378 e. The number of carbonyl (C=O) groups is 2. The first kappa shape index (κ1) is 15.1. The molecule has 0 radical (unpaired) electrons. The SMILES string of the molecule is O=C(O)SC(=O)OCc1ccccc1Cc1ccccc1. The third-order valence-electron chi connectivity index (χ3n) is 2.87. The van der Waals surface area contributed by atoms with Crippen molar-refractivity contribution in [2.45, 2.75) is 13.0 Å². The number of rotatable bonds is 4. The summed E-state index contributed by atoms with van der Waals surface area (Å²) in [4.78, 5) is 21.6. The zero-order valence-electron chi connectivity index (χ0n) is 11.2. The van der Waals surface area contributed by atoms with Crippen LogP contribution in [0.1, 0.15) is 16.7 Å². The first-order chi connectivity index (χ1) is 10.1. The summed E-state index contributed by atoms with van der Waals surface area (Å²) in [6.07, 6.45) is 0.737. The molecule has 108 valence electrons. The largest absolute Gasteiger partial charge is 0.473 e. The summed E-state index contributed by atoms with van der Waals surface area (Å²) in [5, 5.41) is 6.42. The molecule has 0 fully saturated rings. The zero-order valence-corrected chi connectivity index (χ0v) is 12.0. The van der Waals surface area contributed by atoms with Crippen molar-refractivity contribution < 1.29 is 19.4 Å². The van der Waals surface area contributed by atoms with Gasteiger partial charge in [0.15, 0.2) is 0 Å². The summed E-state index contributed by atoms with van der Waals surface area (Å²) in [5.74, 6) is 0. The van der Waals surface area contributed by atoms with E-state index in [-0.39, 0.29) is 18.4 Å². The monoisotopic (exact) mass is 302 g/mol. The van der Waals surface area contributed by atoms with E-state index >= 15 is 0 Å². The predicted octanol–water partition coefficient (Wildman–Crippen LogP) is 4.33. The Morgan fingerprint density at radius 2 is 1.57 bits per heavy atom. The summed E-state index contributed by atoms with van der Waals surface area (Å²) in [7, 11) is 0. The van der Waals surface area contributed by atoms with E-state index in [4.69, 9.17) is 9.84 Å². The normalized spacial score (nSPS) is 10.1. The standard InChI is InChI=1S/C16H14O4S/c17-15(18)21-16(19)20-11-14-9-5-4-8-13(14)10-12-6-2-1-3-7-12/h1-9H,10-11H2,(H,17,18). The van der Waals surface area contributed by atoms with Crippen molar-refractivity contribution in [2.24, 2.45) is 0 Å². The van der Waals surface area contributed by atoms with Crippen LogP contribution in [0.4, 0.5) is 9.59 Å². The molecule has 0 spiro atoms. The molecule has 5 heteroatoms. The van der Waals surface area contributed by atoms with Crippen LogP contribution in [0, 0.1) is 0 Å². The van der Waals surface area contributed by atoms with Crippen LogP contribution >= 0.6 is 11.8 Å². The van der Waals surface area contributed by atoms with Gasteiger partial charge >= 0.3 is 10.6 Å². The molecule has 2 aromatic carbocycles. The minimum atomic E-state index is -1.27. The number of carboxylic acid groups (broad SMARTS) is 1. The third-order valence-corrected chi connectivity index (χ3v) is 3.33. The van der Waals surface area contributed by atoms with Crippen LogP contribution in [0.3, 0.4) is 0 Å². The first-order valence-electron chi connectivity index (χ1n) is 6.33. The van der Waals surface area contributed by atoms with Crippen molar-refractivity contribution in [3.8, 4) is 0 Å². The van der Waals surface area contributed by atoms with Gasteiger partial charge in [0.25, 0.3) is 0 Å². The van der Waals surface area contributed by atoms with Gasteiger partial charge < -0.3 is 9.84 Å². The van der Waals surface area contributed by atoms with Gasteiger partial charge in [-0.25, -0.2) is 9.59 Å². The first-order valence-corrected chi connectivity index (χ1v) is 7.15. The maximum atomic E-state index is 11.3. The minimum Gasteiger partial charge on any atom is -0.473 e. The fourth-order valence-corrected chi connectivity index (χ4v) is 2.18. The Morgan fingerprint density at radius 3 is 2.24 bits per heavy atom. The molecule has 4 nitrogen and oxygen atoms in total. The van der Waals surface area contributed by atoms with E-state index in [0.717, 1.165) is 23.1 Å². The Kier molecular flexibility index (Phi) is 5.40. The second-order valence-electron chi connectivity index (χ2n) is 4.34. The molecule has 0 unspecified atom stereocenters. The Hall–Kier alpha value is -2.27. The minimum absolute atomic E-state index is 0.0715. The highest BCUT2D eigenvalue weighted by Gasteiger charge is 2.11. The van der Waals surface area contributed by atoms with Crippen molar-refractivity contribution in [1.82, 2.24) is 0 Å². The molecule has 0 aromatic heterocycles. The molecular weight excluding hydrogens is 288 g/mol. The fourth-order valence-electron chi connectivity index (χ4n) is 1.92. The van der Waals surface area contributed by atoms with E-state index in [1.54, 1.807) is 0 Å². The quantitative estimate of drug-likeness (QED) is 0.852. The molecular formula is C16H14O4S. The number of thioether (sulfide) groups is 1. The van der Waals surface area contributed by atoms with Crippen LogP contribution < -0.4 is 0 Å². The highest BCUT2D eigenvalue weighted by Crippen LogP contribution is 2.17. The molecule has 0 saturated heterocycles. The van der Waals surface area contributed by atoms with E-state index in [0.29, 0.717) is 0 Å². The third kappa shape index (κ3) is 4.96. The zero-order chi connectivity index (χ0) is 15.1. The van der Waals surface area contributed by atoms with Crippen LogP contribution in [-0.4, -0.2) is 15.7 Å². The van der Waals surface area contributed by atoms with Crippen molar-refractivity contribution in [3.63, 3.8) is 0 Å². The molecule has 0 amide bonds. The Bertz CT molecular complexity index is 625. The molecule has 0 atom stereocenters. The number of carbonyl (C=O) groups excluding carboxylic acids is 1. The number of benzene rings is 2. The van der Waals surface area contributed by atoms with Crippen molar-refractivity contribution >= 4 is 22.4 Å². The second-order valence-corrected chi connectivity index (χ2v) is 5.22. The number of ether oxygens (including phenoxy) is 1. The van der Waals surface area contributed by atoms with Gasteiger partial charge in [-0.05, 0) is 23.1 Å². The Balaban J connectivity index is 2.03. The molecule has 0 aliphatic heterocycles. The van der Waals surface area contributed by atoms with E-state index in [9.17, 15) is 9.59 Å². The molecule has 0 aliphatic rings. The van der Waals surface area contributed by atoms with Gasteiger partial charge in [-0.1, -0.05) is 54.6 Å². The highest BCUT2D eigenvalue weighted by atomic mass is 32.2. The molecule has 0 saturated carbocycles. The Labute approximate surface area is 126 Å². The lowest BCUT2D eigenvalue weighted by atomic mass is 10.0. The topological polar surface area (TPSA) is 63.6 Å². The van der Waals surface area contributed by atoms with Gasteiger partial charge in [0, 0.05) is 0 Å². The van der Waals surface area contributed by atoms with Crippen LogP contribution in [0.25, 0.3) is 0 Å². The summed E-state index contributed by atoms with van der Waals surface area (Å²) < 4.78 is 4.96. The molecule has 2 aromatic rings. The molecule has 2 rings (SSSR count). The predicted molar refractivity (Wildman–Crippen MR) is 81.5 cm³/mol. The van der Waals surface area contributed by atoms with Crippen molar-refractivity contribution in [3.05, 3.63) is 71.3 Å². The van der Waals surface area contributed by atoms with Crippen LogP contribution in [-0.2, 0) is 17.8 Å². The van der Waals surface area contributed by atoms with Gasteiger partial charge in [0.1, 0.15) is 6.61 Å². The van der Waals surface area contributed by atoms with Gasteiger partial charge in [-0.2, -0.15) is 0 Å². The van der Waals surface area contributed by atoms with Crippen LogP contribution in [0.2, 0.25) is 0 Å². The van der Waals surface area contributed by atoms with E-state index in [1.807, 2.05) is 54.6 Å². The number of hydrogen-bond acceptors (Lipinski definition) is 4. The summed E-state index contributed by atoms with van der Waals surface area (Å²) in [6, 6.07) is 17.6. The van der Waals surface area contributed by atoms with Crippen molar-refractivity contribution in [2.75, 3.05) is 0 Å². The van der Waals surface area contributed by atoms with E-state index < -0.39 is 10.6 Å². The summed E-state index contributed by atoms with van der Waals surface area (Å²) >= 11 is 0.139. The summed E-state index contributed by atoms with van der Waals surface area (Å²) in [6.45, 7) is 0.0715. The average Bonchev–Trinajstić information content (AvgIpc) is 2.47. The maximum Gasteiger partial charge on any atom is 0.378 e. The lowest BCUT2D eigenvalue weighted by molar-refractivity contribution is 0.168. The Morgan fingerprint density at radius 1 is 0.952 bits per heavy atom. The fraction of sp³-hybridized carbons (Fsp3) is 0.125. The maximum absolute atomic E-state index is 11.3. The van der Waals surface area contributed by atoms with Gasteiger partial charge in [-0.3, -0.25) is 0 Å². The summed E-state index contributed by atoms with van der Waals surface area (Å²) in [5.41, 5.74) is 3.09. The average molecular weight is 302 g/mol. The lowest BCUT2D eigenvalue weighted by Crippen LogP contribution is -2.03. The van der Waals surface area contributed by atoms with Gasteiger partial charge in [0.05, 0.1) is 11.8 Å². The van der Waals surface area contributed by atoms with Gasteiger partial charge in [0.2, 0.25) is 0 Å². The van der Waals surface area contributed by atoms with Crippen molar-refractivity contribution in [1.29, 1.82) is 0 Å². The number of hydrogen-bond donors (Lipinski definition) is 1. The highest BCUT2D eigenvalue weighted by molar-refractivity contribution is 8.25. The van der Waals surface area contributed by atoms with Crippen LogP contribution in [0.15, 0.2) is 54.6 Å². The van der Waals surface area contributed by atoms with Crippen LogP contribution in [0.5, 0.6) is 0 Å². The van der Waals surface area contributed by atoms with Gasteiger partial charge in [-0.15, -0.1) is 0 Å². The van der Waals surface area contributed by atoms with E-state index in [1.165, 1.54) is 0 Å². The molecule has 1 N–H and O–H groups in total. The second kappa shape index (κ2) is 7.50. The molecule has 0 aliphatic carbocycles. The molecule has 0 bridgehead atoms. The van der Waals surface area contributed by atoms with E-state index in [2.05, 4.69) is 0 Å². The molecule has 0 heterocycles.